The summed E-state index contributed by atoms with van der Waals surface area (Å²) in [4.78, 5) is 12.6. The van der Waals surface area contributed by atoms with Gasteiger partial charge in [-0.2, -0.15) is 0 Å². The Kier molecular flexibility index (Phi) is 9.86. The van der Waals surface area contributed by atoms with Crippen molar-refractivity contribution in [1.29, 1.82) is 0 Å². The minimum absolute atomic E-state index is 0.113. The minimum Gasteiger partial charge on any atom is -0.504 e. The largest absolute Gasteiger partial charge is 0.504 e. The van der Waals surface area contributed by atoms with Gasteiger partial charge >= 0.3 is 5.97 Å². The number of benzene rings is 1. The van der Waals surface area contributed by atoms with Gasteiger partial charge in [0.15, 0.2) is 23.5 Å². The van der Waals surface area contributed by atoms with Gasteiger partial charge in [-0.05, 0) is 38.5 Å². The van der Waals surface area contributed by atoms with Gasteiger partial charge in [0, 0.05) is 6.42 Å². The number of rotatable bonds is 9. The lowest BCUT2D eigenvalue weighted by Crippen LogP contribution is -2.59. The van der Waals surface area contributed by atoms with Crippen LogP contribution in [0.5, 0.6) is 17.2 Å². The van der Waals surface area contributed by atoms with Crippen LogP contribution in [0.3, 0.4) is 0 Å². The number of esters is 1. The molecule has 0 radical (unpaired) electrons. The van der Waals surface area contributed by atoms with E-state index in [9.17, 15) is 40.5 Å². The molecule has 0 bridgehead atoms. The second-order valence-corrected chi connectivity index (χ2v) is 8.25. The summed E-state index contributed by atoms with van der Waals surface area (Å²) >= 11 is 0. The van der Waals surface area contributed by atoms with Crippen LogP contribution in [-0.2, 0) is 14.2 Å². The second kappa shape index (κ2) is 12.2. The third-order valence-electron chi connectivity index (χ3n) is 5.32. The maximum absolute atomic E-state index is 12.6. The first-order valence-electron chi connectivity index (χ1n) is 10.6. The standard InChI is InChI=1S/C23H32O11/c1-11(2)4-5-16(33-22(31)13-8-14(25)18(27)15(26)9-13)12(3)6-7-32-23-21(30)20(29)19(28)17(10-24)34-23/h4,6,8-9,16-17,19-21,23-30H,5,7,10H2,1-3H3/t16-,17-,19-,20+,21-,23-/m1/s1. The zero-order valence-electron chi connectivity index (χ0n) is 19.2. The zero-order chi connectivity index (χ0) is 25.6. The Hall–Kier alpha value is -2.67. The van der Waals surface area contributed by atoms with Crippen LogP contribution in [0.25, 0.3) is 0 Å². The first-order valence-corrected chi connectivity index (χ1v) is 10.6. The van der Waals surface area contributed by atoms with Gasteiger partial charge < -0.3 is 50.0 Å². The van der Waals surface area contributed by atoms with Gasteiger partial charge in [-0.25, -0.2) is 4.79 Å². The van der Waals surface area contributed by atoms with Crippen molar-refractivity contribution in [2.24, 2.45) is 0 Å². The van der Waals surface area contributed by atoms with Gasteiger partial charge in [0.05, 0.1) is 18.8 Å². The number of hydrogen-bond acceptors (Lipinski definition) is 11. The molecule has 190 valence electrons. The highest BCUT2D eigenvalue weighted by molar-refractivity contribution is 5.91. The monoisotopic (exact) mass is 484 g/mol. The van der Waals surface area contributed by atoms with Crippen molar-refractivity contribution in [3.05, 3.63) is 41.0 Å². The van der Waals surface area contributed by atoms with E-state index in [0.29, 0.717) is 12.0 Å². The molecule has 0 spiro atoms. The number of allylic oxidation sites excluding steroid dienone is 1. The maximum Gasteiger partial charge on any atom is 0.339 e. The number of aliphatic hydroxyl groups excluding tert-OH is 4. The molecule has 1 aromatic carbocycles. The van der Waals surface area contributed by atoms with E-state index < -0.39 is 66.6 Å². The van der Waals surface area contributed by atoms with Crippen LogP contribution in [-0.4, -0.2) is 91.7 Å². The number of ether oxygens (including phenoxy) is 3. The van der Waals surface area contributed by atoms with Crippen LogP contribution >= 0.6 is 0 Å². The van der Waals surface area contributed by atoms with Crippen molar-refractivity contribution in [3.63, 3.8) is 0 Å². The first kappa shape index (κ1) is 27.6. The predicted octanol–water partition coefficient (Wildman–Crippen LogP) is 0.448. The van der Waals surface area contributed by atoms with Gasteiger partial charge in [-0.1, -0.05) is 17.7 Å². The molecular weight excluding hydrogens is 452 g/mol. The summed E-state index contributed by atoms with van der Waals surface area (Å²) in [5.74, 6) is -2.94. The molecule has 0 aliphatic carbocycles. The van der Waals surface area contributed by atoms with Gasteiger partial charge in [-0.3, -0.25) is 0 Å². The summed E-state index contributed by atoms with van der Waals surface area (Å²) in [5.41, 5.74) is 1.38. The number of carbonyl (C=O) groups is 1. The number of phenols is 3. The summed E-state index contributed by atoms with van der Waals surface area (Å²) in [5, 5.41) is 67.7. The Balaban J connectivity index is 2.11. The molecule has 1 saturated heterocycles. The molecule has 34 heavy (non-hydrogen) atoms. The Labute approximate surface area is 196 Å². The third-order valence-corrected chi connectivity index (χ3v) is 5.32. The summed E-state index contributed by atoms with van der Waals surface area (Å²) in [7, 11) is 0. The molecule has 1 aliphatic heterocycles. The van der Waals surface area contributed by atoms with Crippen LogP contribution < -0.4 is 0 Å². The molecule has 11 nitrogen and oxygen atoms in total. The molecule has 2 rings (SSSR count). The van der Waals surface area contributed by atoms with Gasteiger partial charge in [-0.15, -0.1) is 0 Å². The van der Waals surface area contributed by atoms with E-state index in [1.54, 1.807) is 13.0 Å². The smallest absolute Gasteiger partial charge is 0.339 e. The Morgan fingerprint density at radius 2 is 1.65 bits per heavy atom. The molecule has 1 aromatic rings. The Bertz CT molecular complexity index is 881. The molecule has 1 heterocycles. The van der Waals surface area contributed by atoms with Crippen LogP contribution in [0, 0.1) is 0 Å². The lowest BCUT2D eigenvalue weighted by molar-refractivity contribution is -0.298. The normalized spacial score (nSPS) is 26.1. The van der Waals surface area contributed by atoms with E-state index in [1.165, 1.54) is 0 Å². The van der Waals surface area contributed by atoms with Crippen molar-refractivity contribution >= 4 is 5.97 Å². The predicted molar refractivity (Wildman–Crippen MR) is 118 cm³/mol. The van der Waals surface area contributed by atoms with Crippen molar-refractivity contribution in [2.45, 2.75) is 64.0 Å². The highest BCUT2D eigenvalue weighted by Gasteiger charge is 2.43. The van der Waals surface area contributed by atoms with Crippen LogP contribution in [0.4, 0.5) is 0 Å². The zero-order valence-corrected chi connectivity index (χ0v) is 19.2. The lowest BCUT2D eigenvalue weighted by Gasteiger charge is -2.39. The SMILES string of the molecule is CC(C)=CC[C@@H](OC(=O)c1cc(O)c(O)c(O)c1)C(C)=CCO[C@@H]1O[C@H](CO)[C@@H](O)[C@H](O)[C@H]1O. The molecule has 0 amide bonds. The molecule has 0 aromatic heterocycles. The average Bonchev–Trinajstić information content (AvgIpc) is 2.79. The Morgan fingerprint density at radius 3 is 2.21 bits per heavy atom. The van der Waals surface area contributed by atoms with Crippen molar-refractivity contribution in [2.75, 3.05) is 13.2 Å². The minimum atomic E-state index is -1.56. The molecule has 1 fully saturated rings. The molecule has 0 saturated carbocycles. The van der Waals surface area contributed by atoms with Crippen molar-refractivity contribution in [1.82, 2.24) is 0 Å². The average molecular weight is 484 g/mol. The van der Waals surface area contributed by atoms with E-state index in [4.69, 9.17) is 14.2 Å². The van der Waals surface area contributed by atoms with E-state index in [1.807, 2.05) is 19.9 Å². The molecule has 11 heteroatoms. The number of aliphatic hydroxyl groups is 4. The summed E-state index contributed by atoms with van der Waals surface area (Å²) < 4.78 is 16.3. The summed E-state index contributed by atoms with van der Waals surface area (Å²) in [6.07, 6.45) is -4.02. The van der Waals surface area contributed by atoms with Crippen molar-refractivity contribution < 1.29 is 54.8 Å². The van der Waals surface area contributed by atoms with Crippen molar-refractivity contribution in [3.8, 4) is 17.2 Å². The van der Waals surface area contributed by atoms with Crippen LogP contribution in [0.15, 0.2) is 35.4 Å². The number of hydrogen-bond donors (Lipinski definition) is 7. The lowest BCUT2D eigenvalue weighted by atomic mass is 9.99. The second-order valence-electron chi connectivity index (χ2n) is 8.25. The van der Waals surface area contributed by atoms with Crippen LogP contribution in [0.2, 0.25) is 0 Å². The van der Waals surface area contributed by atoms with E-state index >= 15 is 0 Å². The fourth-order valence-corrected chi connectivity index (χ4v) is 3.20. The number of phenolic OH excluding ortho intramolecular Hbond substituents is 3. The van der Waals surface area contributed by atoms with Gasteiger partial charge in [0.25, 0.3) is 0 Å². The molecule has 6 atom stereocenters. The topological polar surface area (TPSA) is 186 Å². The van der Waals surface area contributed by atoms with E-state index in [0.717, 1.165) is 17.7 Å². The van der Waals surface area contributed by atoms with E-state index in [2.05, 4.69) is 0 Å². The molecule has 7 N–H and O–H groups in total. The van der Waals surface area contributed by atoms with Gasteiger partial charge in [0.1, 0.15) is 30.5 Å². The number of aromatic hydroxyl groups is 3. The third kappa shape index (κ3) is 6.92. The summed E-state index contributed by atoms with van der Waals surface area (Å²) in [6, 6.07) is 1.94. The molecule has 1 aliphatic rings. The highest BCUT2D eigenvalue weighted by Crippen LogP contribution is 2.35. The molecular formula is C23H32O11. The highest BCUT2D eigenvalue weighted by atomic mass is 16.7. The summed E-state index contributed by atoms with van der Waals surface area (Å²) in [6.45, 7) is 4.73. The first-order chi connectivity index (χ1) is 16.0. The quantitative estimate of drug-likeness (QED) is 0.146. The Morgan fingerprint density at radius 1 is 1.03 bits per heavy atom. The van der Waals surface area contributed by atoms with Gasteiger partial charge in [0.2, 0.25) is 0 Å². The van der Waals surface area contributed by atoms with Crippen LogP contribution in [0.1, 0.15) is 37.6 Å². The fraction of sp³-hybridized carbons (Fsp3) is 0.522. The maximum atomic E-state index is 12.6. The fourth-order valence-electron chi connectivity index (χ4n) is 3.20. The van der Waals surface area contributed by atoms with E-state index in [-0.39, 0.29) is 12.2 Å². The number of carbonyl (C=O) groups excluding carboxylic acids is 1. The molecule has 0 unspecified atom stereocenters.